The zero-order chi connectivity index (χ0) is 20.0. The van der Waals surface area contributed by atoms with E-state index in [1.165, 1.54) is 12.3 Å². The Morgan fingerprint density at radius 1 is 1.26 bits per heavy atom. The summed E-state index contributed by atoms with van der Waals surface area (Å²) in [6.07, 6.45) is 5.21. The first-order valence-electron chi connectivity index (χ1n) is 9.28. The zero-order valence-corrected chi connectivity index (χ0v) is 16.0. The lowest BCUT2D eigenvalue weighted by Gasteiger charge is -2.29. The number of pyridine rings is 1. The fourth-order valence-electron chi connectivity index (χ4n) is 3.10. The Balaban J connectivity index is 1.90. The smallest absolute Gasteiger partial charge is 0.338 e. The van der Waals surface area contributed by atoms with Crippen LogP contribution in [0.5, 0.6) is 0 Å². The number of urea groups is 1. The van der Waals surface area contributed by atoms with Crippen LogP contribution in [0.3, 0.4) is 0 Å². The average Bonchev–Trinajstić information content (AvgIpc) is 2.58. The third-order valence-electron chi connectivity index (χ3n) is 4.57. The summed E-state index contributed by atoms with van der Waals surface area (Å²) in [6.45, 7) is 5.19. The number of esters is 1. The number of nitrogens with one attached hydrogen (secondary N) is 2. The summed E-state index contributed by atoms with van der Waals surface area (Å²) in [5.41, 5.74) is -0.404. The third-order valence-corrected chi connectivity index (χ3v) is 4.57. The minimum absolute atomic E-state index is 0.0560. The number of aromatic nitrogens is 1. The molecular formula is C19H27N3O5. The van der Waals surface area contributed by atoms with Gasteiger partial charge in [0, 0.05) is 18.3 Å². The molecule has 8 nitrogen and oxygen atoms in total. The number of carbonyl (C=O) groups is 3. The highest BCUT2D eigenvalue weighted by atomic mass is 16.5. The van der Waals surface area contributed by atoms with E-state index in [1.807, 2.05) is 0 Å². The maximum Gasteiger partial charge on any atom is 0.338 e. The van der Waals surface area contributed by atoms with E-state index in [9.17, 15) is 19.2 Å². The van der Waals surface area contributed by atoms with Crippen LogP contribution in [0.25, 0.3) is 0 Å². The minimum Gasteiger partial charge on any atom is -0.459 e. The van der Waals surface area contributed by atoms with E-state index in [2.05, 4.69) is 17.6 Å². The topological polar surface area (TPSA) is 106 Å². The van der Waals surface area contributed by atoms with E-state index in [4.69, 9.17) is 4.74 Å². The van der Waals surface area contributed by atoms with E-state index in [1.54, 1.807) is 13.8 Å². The second-order valence-electron chi connectivity index (χ2n) is 7.23. The van der Waals surface area contributed by atoms with Crippen molar-refractivity contribution in [2.45, 2.75) is 65.1 Å². The molecule has 3 amide bonds. The van der Waals surface area contributed by atoms with Gasteiger partial charge in [-0.25, -0.2) is 9.59 Å². The van der Waals surface area contributed by atoms with Gasteiger partial charge in [-0.15, -0.1) is 0 Å². The number of amides is 3. The van der Waals surface area contributed by atoms with Crippen molar-refractivity contribution in [3.63, 3.8) is 0 Å². The first-order valence-corrected chi connectivity index (χ1v) is 9.28. The molecule has 1 aromatic heterocycles. The Hall–Kier alpha value is -2.64. The summed E-state index contributed by atoms with van der Waals surface area (Å²) >= 11 is 0. The minimum atomic E-state index is -0.601. The summed E-state index contributed by atoms with van der Waals surface area (Å²) in [7, 11) is 0. The zero-order valence-electron chi connectivity index (χ0n) is 16.0. The molecule has 148 valence electrons. The Morgan fingerprint density at radius 3 is 2.59 bits per heavy atom. The number of ether oxygens (including phenoxy) is 1. The summed E-state index contributed by atoms with van der Waals surface area (Å²) in [4.78, 5) is 47.9. The lowest BCUT2D eigenvalue weighted by atomic mass is 9.86. The second kappa shape index (κ2) is 9.34. The van der Waals surface area contributed by atoms with Crippen LogP contribution in [-0.4, -0.2) is 34.6 Å². The predicted molar refractivity (Wildman–Crippen MR) is 99.3 cm³/mol. The standard InChI is InChI=1S/C19H27N3O5/c1-12(2)27-18(25)14-8-9-22(17(24)10-14)11-16(23)21-19(26)20-15-7-5-4-6-13(15)3/h8-10,12-13,15H,4-7,11H2,1-3H3,(H2,20,21,23,26)/t13-,15+/m0/s1. The Bertz CT molecular complexity index is 756. The first-order chi connectivity index (χ1) is 12.8. The van der Waals surface area contributed by atoms with Gasteiger partial charge in [-0.3, -0.25) is 14.9 Å². The Kier molecular flexibility index (Phi) is 7.15. The van der Waals surface area contributed by atoms with Crippen LogP contribution in [0.15, 0.2) is 23.1 Å². The monoisotopic (exact) mass is 377 g/mol. The molecule has 2 N–H and O–H groups in total. The molecule has 8 heteroatoms. The molecule has 0 radical (unpaired) electrons. The maximum atomic E-state index is 12.1. The highest BCUT2D eigenvalue weighted by molar-refractivity contribution is 5.94. The van der Waals surface area contributed by atoms with Crippen molar-refractivity contribution >= 4 is 17.9 Å². The fourth-order valence-corrected chi connectivity index (χ4v) is 3.10. The first kappa shape index (κ1) is 20.7. The van der Waals surface area contributed by atoms with Crippen molar-refractivity contribution in [3.05, 3.63) is 34.2 Å². The number of carbonyl (C=O) groups excluding carboxylic acids is 3. The molecule has 2 atom stereocenters. The van der Waals surface area contributed by atoms with E-state index < -0.39 is 23.5 Å². The van der Waals surface area contributed by atoms with Gasteiger partial charge < -0.3 is 14.6 Å². The molecule has 1 aliphatic carbocycles. The molecule has 27 heavy (non-hydrogen) atoms. The van der Waals surface area contributed by atoms with Gasteiger partial charge in [0.25, 0.3) is 5.56 Å². The van der Waals surface area contributed by atoms with Crippen LogP contribution in [0.2, 0.25) is 0 Å². The van der Waals surface area contributed by atoms with Crippen molar-refractivity contribution in [1.29, 1.82) is 0 Å². The molecule has 0 aliphatic heterocycles. The summed E-state index contributed by atoms with van der Waals surface area (Å²) < 4.78 is 6.15. The van der Waals surface area contributed by atoms with Gasteiger partial charge in [-0.2, -0.15) is 0 Å². The summed E-state index contributed by atoms with van der Waals surface area (Å²) in [6, 6.07) is 2.02. The van der Waals surface area contributed by atoms with E-state index in [0.29, 0.717) is 5.92 Å². The molecule has 1 aromatic rings. The van der Waals surface area contributed by atoms with Crippen LogP contribution < -0.4 is 16.2 Å². The molecule has 1 saturated carbocycles. The second-order valence-corrected chi connectivity index (χ2v) is 7.23. The third kappa shape index (κ3) is 6.23. The molecule has 2 rings (SSSR count). The van der Waals surface area contributed by atoms with Crippen LogP contribution in [0.1, 0.15) is 56.8 Å². The van der Waals surface area contributed by atoms with Gasteiger partial charge in [-0.05, 0) is 38.7 Å². The quantitative estimate of drug-likeness (QED) is 0.761. The lowest BCUT2D eigenvalue weighted by Crippen LogP contribution is -2.48. The molecule has 0 spiro atoms. The van der Waals surface area contributed by atoms with Crippen molar-refractivity contribution < 1.29 is 19.1 Å². The molecule has 0 aromatic carbocycles. The van der Waals surface area contributed by atoms with Crippen molar-refractivity contribution in [2.24, 2.45) is 5.92 Å². The normalized spacial score (nSPS) is 19.4. The van der Waals surface area contributed by atoms with E-state index in [0.717, 1.165) is 36.3 Å². The number of hydrogen-bond donors (Lipinski definition) is 2. The highest BCUT2D eigenvalue weighted by Crippen LogP contribution is 2.23. The van der Waals surface area contributed by atoms with Gasteiger partial charge >= 0.3 is 12.0 Å². The summed E-state index contributed by atoms with van der Waals surface area (Å²) in [5.74, 6) is -0.824. The van der Waals surface area contributed by atoms with Gasteiger partial charge in [0.2, 0.25) is 5.91 Å². The maximum absolute atomic E-state index is 12.1. The van der Waals surface area contributed by atoms with Gasteiger partial charge in [0.1, 0.15) is 6.54 Å². The van der Waals surface area contributed by atoms with Crippen molar-refractivity contribution in [3.8, 4) is 0 Å². The largest absolute Gasteiger partial charge is 0.459 e. The fraction of sp³-hybridized carbons (Fsp3) is 0.579. The van der Waals surface area contributed by atoms with Crippen LogP contribution in [0, 0.1) is 5.92 Å². The SMILES string of the molecule is CC(C)OC(=O)c1ccn(CC(=O)NC(=O)N[C@@H]2CCCC[C@@H]2C)c(=O)c1. The van der Waals surface area contributed by atoms with Crippen LogP contribution in [-0.2, 0) is 16.1 Å². The molecule has 1 aliphatic rings. The molecule has 0 saturated heterocycles. The Labute approximate surface area is 158 Å². The lowest BCUT2D eigenvalue weighted by molar-refractivity contribution is -0.120. The average molecular weight is 377 g/mol. The number of rotatable bonds is 5. The molecule has 0 bridgehead atoms. The van der Waals surface area contributed by atoms with Gasteiger partial charge in [-0.1, -0.05) is 19.8 Å². The van der Waals surface area contributed by atoms with Crippen LogP contribution >= 0.6 is 0 Å². The number of nitrogens with zero attached hydrogens (tertiary/aromatic N) is 1. The summed E-state index contributed by atoms with van der Waals surface area (Å²) in [5, 5.41) is 5.07. The molecule has 0 unspecified atom stereocenters. The highest BCUT2D eigenvalue weighted by Gasteiger charge is 2.23. The molecule has 1 heterocycles. The predicted octanol–water partition coefficient (Wildman–Crippen LogP) is 1.82. The van der Waals surface area contributed by atoms with Gasteiger partial charge in [0.05, 0.1) is 11.7 Å². The van der Waals surface area contributed by atoms with Crippen molar-refractivity contribution in [1.82, 2.24) is 15.2 Å². The Morgan fingerprint density at radius 2 is 1.96 bits per heavy atom. The molecule has 1 fully saturated rings. The number of imide groups is 1. The number of hydrogen-bond acceptors (Lipinski definition) is 5. The molecular weight excluding hydrogens is 350 g/mol. The van der Waals surface area contributed by atoms with Crippen LogP contribution in [0.4, 0.5) is 4.79 Å². The van der Waals surface area contributed by atoms with Gasteiger partial charge in [0.15, 0.2) is 0 Å². The van der Waals surface area contributed by atoms with E-state index >= 15 is 0 Å². The van der Waals surface area contributed by atoms with E-state index in [-0.39, 0.29) is 24.3 Å². The van der Waals surface area contributed by atoms with Crippen molar-refractivity contribution in [2.75, 3.05) is 0 Å².